The number of rotatable bonds is 5. The number of carbonyl (C=O) groups excluding carboxylic acids is 4. The Hall–Kier alpha value is -2.70. The van der Waals surface area contributed by atoms with Crippen molar-refractivity contribution in [1.82, 2.24) is 4.90 Å². The number of carbonyl (C=O) groups is 4. The Morgan fingerprint density at radius 1 is 1.15 bits per heavy atom. The Bertz CT molecular complexity index is 744. The summed E-state index contributed by atoms with van der Waals surface area (Å²) >= 11 is 0. The van der Waals surface area contributed by atoms with Gasteiger partial charge in [-0.15, -0.1) is 0 Å². The minimum atomic E-state index is -0.644. The maximum absolute atomic E-state index is 12.4. The standard InChI is InChI=1S/C20H24N2O5/c1-2-15-7-3-4-11-21(15)19(25)13-27-20(26)14-6-5-8-16(12-14)22-17(23)9-10-18(22)24/h5-6,8,12,15H,2-4,7,9-11,13H2,1H3/t15-/m1/s1. The minimum absolute atomic E-state index is 0.177. The molecule has 0 aliphatic carbocycles. The van der Waals surface area contributed by atoms with E-state index in [2.05, 4.69) is 6.92 Å². The molecule has 27 heavy (non-hydrogen) atoms. The summed E-state index contributed by atoms with van der Waals surface area (Å²) in [6, 6.07) is 6.38. The molecule has 0 bridgehead atoms. The van der Waals surface area contributed by atoms with Gasteiger partial charge in [0.05, 0.1) is 11.3 Å². The lowest BCUT2D eigenvalue weighted by molar-refractivity contribution is -0.138. The average Bonchev–Trinajstić information content (AvgIpc) is 3.04. The second kappa shape index (κ2) is 8.33. The Morgan fingerprint density at radius 3 is 2.59 bits per heavy atom. The first-order valence-corrected chi connectivity index (χ1v) is 9.43. The van der Waals surface area contributed by atoms with Crippen molar-refractivity contribution < 1.29 is 23.9 Å². The van der Waals surface area contributed by atoms with Gasteiger partial charge in [0.1, 0.15) is 0 Å². The van der Waals surface area contributed by atoms with Crippen LogP contribution in [0.2, 0.25) is 0 Å². The van der Waals surface area contributed by atoms with Gasteiger partial charge in [0.15, 0.2) is 6.61 Å². The van der Waals surface area contributed by atoms with Gasteiger partial charge in [0.25, 0.3) is 5.91 Å². The molecular weight excluding hydrogens is 348 g/mol. The van der Waals surface area contributed by atoms with E-state index < -0.39 is 5.97 Å². The SMILES string of the molecule is CC[C@@H]1CCCCN1C(=O)COC(=O)c1cccc(N2C(=O)CCC2=O)c1. The summed E-state index contributed by atoms with van der Waals surface area (Å²) in [5.74, 6) is -1.39. The molecule has 7 heteroatoms. The average molecular weight is 372 g/mol. The zero-order valence-electron chi connectivity index (χ0n) is 15.5. The Kier molecular flexibility index (Phi) is 5.88. The van der Waals surface area contributed by atoms with Gasteiger partial charge in [-0.05, 0) is 43.9 Å². The number of esters is 1. The van der Waals surface area contributed by atoms with Crippen molar-refractivity contribution in [2.75, 3.05) is 18.1 Å². The first-order valence-electron chi connectivity index (χ1n) is 9.43. The lowest BCUT2D eigenvalue weighted by atomic mass is 10.00. The number of likely N-dealkylation sites (tertiary alicyclic amines) is 1. The Balaban J connectivity index is 1.63. The van der Waals surface area contributed by atoms with Gasteiger partial charge in [-0.2, -0.15) is 0 Å². The number of ether oxygens (including phenoxy) is 1. The second-order valence-corrected chi connectivity index (χ2v) is 6.89. The Morgan fingerprint density at radius 2 is 1.89 bits per heavy atom. The summed E-state index contributed by atoms with van der Waals surface area (Å²) in [7, 11) is 0. The molecule has 144 valence electrons. The molecule has 7 nitrogen and oxygen atoms in total. The van der Waals surface area contributed by atoms with Gasteiger partial charge in [0, 0.05) is 25.4 Å². The van der Waals surface area contributed by atoms with Crippen molar-refractivity contribution in [2.24, 2.45) is 0 Å². The number of anilines is 1. The van der Waals surface area contributed by atoms with Gasteiger partial charge < -0.3 is 9.64 Å². The Labute approximate surface area is 158 Å². The van der Waals surface area contributed by atoms with Crippen molar-refractivity contribution in [2.45, 2.75) is 51.5 Å². The molecule has 2 aliphatic heterocycles. The van der Waals surface area contributed by atoms with Crippen LogP contribution in [0.25, 0.3) is 0 Å². The van der Waals surface area contributed by atoms with Crippen LogP contribution in [0.5, 0.6) is 0 Å². The molecule has 0 radical (unpaired) electrons. The van der Waals surface area contributed by atoms with Crippen LogP contribution in [-0.4, -0.2) is 47.8 Å². The van der Waals surface area contributed by atoms with Gasteiger partial charge in [0.2, 0.25) is 11.8 Å². The fourth-order valence-corrected chi connectivity index (χ4v) is 3.68. The highest BCUT2D eigenvalue weighted by atomic mass is 16.5. The van der Waals surface area contributed by atoms with Crippen molar-refractivity contribution >= 4 is 29.4 Å². The third kappa shape index (κ3) is 4.18. The van der Waals surface area contributed by atoms with E-state index in [4.69, 9.17) is 4.74 Å². The lowest BCUT2D eigenvalue weighted by Crippen LogP contribution is -2.45. The molecule has 1 atom stereocenters. The molecule has 2 fully saturated rings. The van der Waals surface area contributed by atoms with Crippen LogP contribution in [0.4, 0.5) is 5.69 Å². The minimum Gasteiger partial charge on any atom is -0.452 e. The third-order valence-electron chi connectivity index (χ3n) is 5.14. The normalized spacial score (nSPS) is 20.1. The number of amides is 3. The van der Waals surface area contributed by atoms with Crippen molar-refractivity contribution in [3.05, 3.63) is 29.8 Å². The van der Waals surface area contributed by atoms with E-state index in [9.17, 15) is 19.2 Å². The highest BCUT2D eigenvalue weighted by Crippen LogP contribution is 2.24. The molecule has 0 N–H and O–H groups in total. The highest BCUT2D eigenvalue weighted by molar-refractivity contribution is 6.20. The van der Waals surface area contributed by atoms with Crippen LogP contribution in [0.3, 0.4) is 0 Å². The van der Waals surface area contributed by atoms with E-state index in [1.807, 2.05) is 0 Å². The molecule has 2 saturated heterocycles. The van der Waals surface area contributed by atoms with E-state index in [0.29, 0.717) is 12.2 Å². The molecule has 0 saturated carbocycles. The topological polar surface area (TPSA) is 84.0 Å². The largest absolute Gasteiger partial charge is 0.452 e. The predicted octanol–water partition coefficient (Wildman–Crippen LogP) is 2.29. The number of benzene rings is 1. The fraction of sp³-hybridized carbons (Fsp3) is 0.500. The number of hydrogen-bond acceptors (Lipinski definition) is 5. The van der Waals surface area contributed by atoms with E-state index in [-0.39, 0.29) is 48.8 Å². The molecule has 1 aromatic carbocycles. The molecule has 0 unspecified atom stereocenters. The summed E-state index contributed by atoms with van der Waals surface area (Å²) in [5, 5.41) is 0. The number of nitrogens with zero attached hydrogens (tertiary/aromatic N) is 2. The third-order valence-corrected chi connectivity index (χ3v) is 5.14. The van der Waals surface area contributed by atoms with Crippen molar-refractivity contribution in [3.8, 4) is 0 Å². The molecule has 2 aliphatic rings. The second-order valence-electron chi connectivity index (χ2n) is 6.89. The van der Waals surface area contributed by atoms with Crippen LogP contribution in [0.15, 0.2) is 24.3 Å². The molecule has 3 amide bonds. The van der Waals surface area contributed by atoms with Gasteiger partial charge in [-0.25, -0.2) is 4.79 Å². The predicted molar refractivity (Wildman–Crippen MR) is 98.1 cm³/mol. The van der Waals surface area contributed by atoms with E-state index in [0.717, 1.165) is 30.6 Å². The molecule has 0 aromatic heterocycles. The van der Waals surface area contributed by atoms with E-state index >= 15 is 0 Å². The van der Waals surface area contributed by atoms with Crippen LogP contribution in [0, 0.1) is 0 Å². The summed E-state index contributed by atoms with van der Waals surface area (Å²) in [4.78, 5) is 51.3. The lowest BCUT2D eigenvalue weighted by Gasteiger charge is -2.35. The van der Waals surface area contributed by atoms with Crippen LogP contribution >= 0.6 is 0 Å². The van der Waals surface area contributed by atoms with Crippen molar-refractivity contribution in [1.29, 1.82) is 0 Å². The first kappa shape index (κ1) is 19.1. The number of hydrogen-bond donors (Lipinski definition) is 0. The molecule has 1 aromatic rings. The highest BCUT2D eigenvalue weighted by Gasteiger charge is 2.31. The first-order chi connectivity index (χ1) is 13.0. The molecule has 3 rings (SSSR count). The monoisotopic (exact) mass is 372 g/mol. The molecule has 2 heterocycles. The zero-order chi connectivity index (χ0) is 19.4. The van der Waals surface area contributed by atoms with Crippen LogP contribution in [-0.2, 0) is 19.1 Å². The van der Waals surface area contributed by atoms with Crippen LogP contribution < -0.4 is 4.90 Å². The number of imide groups is 1. The maximum atomic E-state index is 12.4. The zero-order valence-corrected chi connectivity index (χ0v) is 15.5. The molecule has 0 spiro atoms. The fourth-order valence-electron chi connectivity index (χ4n) is 3.68. The van der Waals surface area contributed by atoms with Gasteiger partial charge >= 0.3 is 5.97 Å². The van der Waals surface area contributed by atoms with Crippen LogP contribution in [0.1, 0.15) is 55.8 Å². The maximum Gasteiger partial charge on any atom is 0.338 e. The number of piperidine rings is 1. The van der Waals surface area contributed by atoms with E-state index in [1.54, 1.807) is 17.0 Å². The van der Waals surface area contributed by atoms with Crippen molar-refractivity contribution in [3.63, 3.8) is 0 Å². The quantitative estimate of drug-likeness (QED) is 0.585. The summed E-state index contributed by atoms with van der Waals surface area (Å²) < 4.78 is 5.19. The van der Waals surface area contributed by atoms with Gasteiger partial charge in [-0.3, -0.25) is 19.3 Å². The summed E-state index contributed by atoms with van der Waals surface area (Å²) in [6.45, 7) is 2.44. The van der Waals surface area contributed by atoms with Gasteiger partial charge in [-0.1, -0.05) is 13.0 Å². The smallest absolute Gasteiger partial charge is 0.338 e. The summed E-state index contributed by atoms with van der Waals surface area (Å²) in [5.41, 5.74) is 0.559. The molecular formula is C20H24N2O5. The van der Waals surface area contributed by atoms with E-state index in [1.165, 1.54) is 12.1 Å². The summed E-state index contributed by atoms with van der Waals surface area (Å²) in [6.07, 6.45) is 4.31.